The van der Waals surface area contributed by atoms with E-state index in [1.54, 1.807) is 6.07 Å². The summed E-state index contributed by atoms with van der Waals surface area (Å²) in [5, 5.41) is 28.4. The van der Waals surface area contributed by atoms with Gasteiger partial charge in [0.15, 0.2) is 0 Å². The fraction of sp³-hybridized carbons (Fsp3) is 0.500. The van der Waals surface area contributed by atoms with E-state index in [2.05, 4.69) is 4.98 Å². The van der Waals surface area contributed by atoms with E-state index in [0.717, 1.165) is 0 Å². The molecule has 0 amide bonds. The van der Waals surface area contributed by atoms with Crippen molar-refractivity contribution in [3.05, 3.63) is 17.7 Å². The van der Waals surface area contributed by atoms with E-state index in [1.165, 1.54) is 6.07 Å². The Balaban J connectivity index is 2.29. The van der Waals surface area contributed by atoms with Gasteiger partial charge in [0.05, 0.1) is 6.61 Å². The first-order valence-electron chi connectivity index (χ1n) is 5.19. The normalized spacial score (nSPS) is 32.9. The molecule has 94 valence electrons. The average Bonchev–Trinajstić information content (AvgIpc) is 2.57. The van der Waals surface area contributed by atoms with Crippen molar-refractivity contribution in [2.45, 2.75) is 24.4 Å². The van der Waals surface area contributed by atoms with E-state index < -0.39 is 24.4 Å². The lowest BCUT2D eigenvalue weighted by Gasteiger charge is -2.16. The highest BCUT2D eigenvalue weighted by molar-refractivity contribution is 5.48. The van der Waals surface area contributed by atoms with Gasteiger partial charge in [-0.3, -0.25) is 0 Å². The monoisotopic (exact) mass is 241 g/mol. The van der Waals surface area contributed by atoms with Crippen LogP contribution in [0, 0.1) is 0 Å². The molecule has 1 saturated heterocycles. The lowest BCUT2D eigenvalue weighted by atomic mass is 10.0. The van der Waals surface area contributed by atoms with Crippen molar-refractivity contribution in [2.75, 3.05) is 18.1 Å². The number of pyridine rings is 1. The zero-order chi connectivity index (χ0) is 12.6. The molecule has 4 atom stereocenters. The molecule has 1 fully saturated rings. The van der Waals surface area contributed by atoms with Gasteiger partial charge in [-0.15, -0.1) is 0 Å². The number of hydrogen-bond acceptors (Lipinski definition) is 7. The number of ether oxygens (including phenoxy) is 1. The van der Waals surface area contributed by atoms with E-state index >= 15 is 0 Å². The molecule has 0 bridgehead atoms. The summed E-state index contributed by atoms with van der Waals surface area (Å²) in [6.07, 6.45) is -3.94. The highest BCUT2D eigenvalue weighted by Crippen LogP contribution is 2.35. The van der Waals surface area contributed by atoms with Crippen LogP contribution in [0.3, 0.4) is 0 Å². The summed E-state index contributed by atoms with van der Waals surface area (Å²) in [4.78, 5) is 3.85. The van der Waals surface area contributed by atoms with E-state index in [9.17, 15) is 10.2 Å². The molecule has 0 aliphatic carbocycles. The molecule has 2 heterocycles. The van der Waals surface area contributed by atoms with Gasteiger partial charge in [-0.05, 0) is 12.1 Å². The first-order valence-corrected chi connectivity index (χ1v) is 5.19. The number of nitrogens with two attached hydrogens (primary N) is 2. The van der Waals surface area contributed by atoms with Crippen LogP contribution in [0.1, 0.15) is 11.7 Å². The summed E-state index contributed by atoms with van der Waals surface area (Å²) in [6, 6.07) is 3.11. The van der Waals surface area contributed by atoms with Crippen molar-refractivity contribution < 1.29 is 20.1 Å². The molecule has 17 heavy (non-hydrogen) atoms. The van der Waals surface area contributed by atoms with Gasteiger partial charge in [0.1, 0.15) is 36.1 Å². The van der Waals surface area contributed by atoms with Crippen LogP contribution in [0.15, 0.2) is 12.1 Å². The average molecular weight is 241 g/mol. The number of anilines is 2. The molecule has 1 aromatic heterocycles. The van der Waals surface area contributed by atoms with Crippen LogP contribution in [0.5, 0.6) is 0 Å². The van der Waals surface area contributed by atoms with Gasteiger partial charge < -0.3 is 31.5 Å². The first kappa shape index (κ1) is 12.1. The molecule has 0 radical (unpaired) electrons. The molecule has 0 unspecified atom stereocenters. The molecule has 7 heteroatoms. The maximum atomic E-state index is 9.81. The number of hydrogen-bond donors (Lipinski definition) is 5. The number of nitrogen functional groups attached to an aromatic ring is 2. The molecular weight excluding hydrogens is 226 g/mol. The summed E-state index contributed by atoms with van der Waals surface area (Å²) < 4.78 is 5.33. The Labute approximate surface area is 97.6 Å². The number of aliphatic hydroxyl groups excluding tert-OH is 3. The predicted octanol–water partition coefficient (Wildman–Crippen LogP) is -1.60. The van der Waals surface area contributed by atoms with Crippen LogP contribution in [-0.4, -0.2) is 45.2 Å². The minimum absolute atomic E-state index is 0.139. The van der Waals surface area contributed by atoms with Gasteiger partial charge >= 0.3 is 0 Å². The fourth-order valence-corrected chi connectivity index (χ4v) is 1.90. The molecule has 7 N–H and O–H groups in total. The van der Waals surface area contributed by atoms with Crippen molar-refractivity contribution in [1.82, 2.24) is 4.98 Å². The Morgan fingerprint density at radius 3 is 2.47 bits per heavy atom. The SMILES string of the molecule is Nc1ccc([C@@H]2O[C@H](CO)[C@@H](O)[C@H]2O)c(N)n1. The van der Waals surface area contributed by atoms with Gasteiger partial charge in [0, 0.05) is 5.56 Å². The smallest absolute Gasteiger partial charge is 0.131 e. The second-order valence-corrected chi connectivity index (χ2v) is 3.97. The van der Waals surface area contributed by atoms with Crippen molar-refractivity contribution >= 4 is 11.6 Å². The Morgan fingerprint density at radius 2 is 1.94 bits per heavy atom. The second-order valence-electron chi connectivity index (χ2n) is 3.97. The minimum Gasteiger partial charge on any atom is -0.394 e. The van der Waals surface area contributed by atoms with Gasteiger partial charge in [-0.1, -0.05) is 0 Å². The maximum Gasteiger partial charge on any atom is 0.131 e. The predicted molar refractivity (Wildman–Crippen MR) is 59.8 cm³/mol. The molecule has 1 aromatic rings. The number of nitrogens with zero attached hydrogens (tertiary/aromatic N) is 1. The largest absolute Gasteiger partial charge is 0.394 e. The van der Waals surface area contributed by atoms with Crippen molar-refractivity contribution in [3.8, 4) is 0 Å². The highest BCUT2D eigenvalue weighted by atomic mass is 16.6. The summed E-state index contributed by atoms with van der Waals surface area (Å²) in [6.45, 7) is -0.378. The third-order valence-electron chi connectivity index (χ3n) is 2.83. The number of rotatable bonds is 2. The Hall–Kier alpha value is -1.41. The van der Waals surface area contributed by atoms with Crippen molar-refractivity contribution in [1.29, 1.82) is 0 Å². The van der Waals surface area contributed by atoms with Gasteiger partial charge in [-0.2, -0.15) is 0 Å². The van der Waals surface area contributed by atoms with E-state index in [1.807, 2.05) is 0 Å². The van der Waals surface area contributed by atoms with Crippen LogP contribution < -0.4 is 11.5 Å². The molecular formula is C10H15N3O4. The molecule has 2 rings (SSSR count). The first-order chi connectivity index (χ1) is 8.04. The zero-order valence-corrected chi connectivity index (χ0v) is 9.02. The van der Waals surface area contributed by atoms with Gasteiger partial charge in [0.25, 0.3) is 0 Å². The van der Waals surface area contributed by atoms with Gasteiger partial charge in [-0.25, -0.2) is 4.98 Å². The Morgan fingerprint density at radius 1 is 1.24 bits per heavy atom. The van der Waals surface area contributed by atoms with Crippen LogP contribution in [0.2, 0.25) is 0 Å². The van der Waals surface area contributed by atoms with Crippen molar-refractivity contribution in [3.63, 3.8) is 0 Å². The number of aromatic nitrogens is 1. The summed E-state index contributed by atoms with van der Waals surface area (Å²) in [7, 11) is 0. The summed E-state index contributed by atoms with van der Waals surface area (Å²) in [5.74, 6) is 0.401. The molecule has 1 aliphatic heterocycles. The van der Waals surface area contributed by atoms with E-state index in [-0.39, 0.29) is 18.2 Å². The van der Waals surface area contributed by atoms with Crippen LogP contribution in [0.25, 0.3) is 0 Å². The third kappa shape index (κ3) is 2.05. The standard InChI is InChI=1S/C10H15N3O4/c11-6-2-1-4(10(12)13-6)9-8(16)7(15)5(3-14)17-9/h1-2,5,7-9,14-16H,3H2,(H4,11,12,13)/t5-,7-,8-,9+/m1/s1. The summed E-state index contributed by atoms with van der Waals surface area (Å²) in [5.41, 5.74) is 11.6. The molecule has 0 aromatic carbocycles. The summed E-state index contributed by atoms with van der Waals surface area (Å²) >= 11 is 0. The highest BCUT2D eigenvalue weighted by Gasteiger charge is 2.43. The van der Waals surface area contributed by atoms with E-state index in [4.69, 9.17) is 21.3 Å². The minimum atomic E-state index is -1.15. The lowest BCUT2D eigenvalue weighted by Crippen LogP contribution is -2.32. The lowest BCUT2D eigenvalue weighted by molar-refractivity contribution is -0.0226. The second kappa shape index (κ2) is 4.46. The number of aliphatic hydroxyl groups is 3. The molecule has 0 spiro atoms. The molecule has 7 nitrogen and oxygen atoms in total. The maximum absolute atomic E-state index is 9.81. The van der Waals surface area contributed by atoms with Gasteiger partial charge in [0.2, 0.25) is 0 Å². The van der Waals surface area contributed by atoms with Crippen LogP contribution in [0.4, 0.5) is 11.6 Å². The Bertz CT molecular complexity index is 415. The topological polar surface area (TPSA) is 135 Å². The van der Waals surface area contributed by atoms with Crippen molar-refractivity contribution in [2.24, 2.45) is 0 Å². The zero-order valence-electron chi connectivity index (χ0n) is 9.02. The van der Waals surface area contributed by atoms with Crippen LogP contribution in [-0.2, 0) is 4.74 Å². The third-order valence-corrected chi connectivity index (χ3v) is 2.83. The fourth-order valence-electron chi connectivity index (χ4n) is 1.90. The Kier molecular flexibility index (Phi) is 3.16. The molecule has 0 saturated carbocycles. The molecule has 1 aliphatic rings. The van der Waals surface area contributed by atoms with Crippen LogP contribution >= 0.6 is 0 Å². The van der Waals surface area contributed by atoms with E-state index in [0.29, 0.717) is 5.56 Å². The quantitative estimate of drug-likeness (QED) is 0.421.